The van der Waals surface area contributed by atoms with Crippen LogP contribution in [0.5, 0.6) is 17.2 Å². The van der Waals surface area contributed by atoms with Crippen molar-refractivity contribution in [3.05, 3.63) is 98.2 Å². The lowest BCUT2D eigenvalue weighted by atomic mass is 10.0. The minimum atomic E-state index is -1.32. The molecule has 2 aromatic carbocycles. The van der Waals surface area contributed by atoms with Gasteiger partial charge in [-0.05, 0) is 51.5 Å². The van der Waals surface area contributed by atoms with Crippen molar-refractivity contribution in [3.63, 3.8) is 0 Å². The van der Waals surface area contributed by atoms with Gasteiger partial charge in [0.1, 0.15) is 17.2 Å². The van der Waals surface area contributed by atoms with Gasteiger partial charge in [-0.3, -0.25) is 19.0 Å². The zero-order valence-corrected chi connectivity index (χ0v) is 28.3. The van der Waals surface area contributed by atoms with Crippen molar-refractivity contribution in [1.82, 2.24) is 19.5 Å². The quantitative estimate of drug-likeness (QED) is 0.228. The van der Waals surface area contributed by atoms with Gasteiger partial charge in [-0.2, -0.15) is 0 Å². The van der Waals surface area contributed by atoms with Gasteiger partial charge in [0.05, 0.1) is 60.3 Å². The van der Waals surface area contributed by atoms with Crippen molar-refractivity contribution in [2.24, 2.45) is 12.0 Å². The summed E-state index contributed by atoms with van der Waals surface area (Å²) in [5.41, 5.74) is 10.1. The Kier molecular flexibility index (Phi) is 9.71. The van der Waals surface area contributed by atoms with Gasteiger partial charge in [0.15, 0.2) is 10.6 Å². The molecular weight excluding hydrogens is 602 g/mol. The number of aliphatic imine (C=N–C) groups is 1. The molecule has 6 rings (SSSR count). The van der Waals surface area contributed by atoms with Crippen LogP contribution in [-0.4, -0.2) is 50.8 Å². The summed E-state index contributed by atoms with van der Waals surface area (Å²) in [7, 11) is 5.45. The van der Waals surface area contributed by atoms with Gasteiger partial charge in [0, 0.05) is 78.1 Å². The molecule has 4 heterocycles. The molecule has 0 radical (unpaired) electrons. The van der Waals surface area contributed by atoms with Crippen molar-refractivity contribution in [1.29, 1.82) is 0 Å². The van der Waals surface area contributed by atoms with E-state index in [1.165, 1.54) is 5.56 Å². The van der Waals surface area contributed by atoms with Crippen LogP contribution in [-0.2, 0) is 36.4 Å². The number of imidazole rings is 1. The van der Waals surface area contributed by atoms with Gasteiger partial charge >= 0.3 is 0 Å². The summed E-state index contributed by atoms with van der Waals surface area (Å²) in [6, 6.07) is 11.6. The molecule has 1 N–H and O–H groups in total. The first-order valence-electron chi connectivity index (χ1n) is 14.8. The molecule has 10 nitrogen and oxygen atoms in total. The number of aromatic amines is 1. The standard InChI is InChI=1S/C18H21N3O3S.C17H18N2O2/c1-11-9-19-15(12(2)17(11)24-5)10-25(22)18-20-14-8-13(23-4)6-7-16(14)21(18)3;1-10-9-18-15(11(2)17(10)20)7-13-6-12-4-5-14(21-3)8-16(12)19-13/h6-9H,10H2,1-5H3;4-5,8-9H,6-7H2,1-3H3,(H,18,20). The predicted octanol–water partition coefficient (Wildman–Crippen LogP) is 5.78. The minimum absolute atomic E-state index is 0.113. The number of nitrogens with one attached hydrogen (secondary N) is 1. The molecule has 1 aliphatic rings. The third-order valence-electron chi connectivity index (χ3n) is 8.23. The summed E-state index contributed by atoms with van der Waals surface area (Å²) in [4.78, 5) is 28.8. The molecule has 0 bridgehead atoms. The van der Waals surface area contributed by atoms with Crippen LogP contribution in [0.15, 0.2) is 63.7 Å². The molecular formula is C35H39N5O5S. The number of H-pyrrole nitrogens is 1. The maximum Gasteiger partial charge on any atom is 0.200 e. The smallest absolute Gasteiger partial charge is 0.200 e. The summed E-state index contributed by atoms with van der Waals surface area (Å²) >= 11 is 0. The second kappa shape index (κ2) is 13.7. The number of fused-ring (bicyclic) bond motifs is 2. The van der Waals surface area contributed by atoms with E-state index in [9.17, 15) is 9.00 Å². The number of hydrogen-bond acceptors (Lipinski definition) is 8. The van der Waals surface area contributed by atoms with Crippen molar-refractivity contribution in [2.75, 3.05) is 21.3 Å². The highest BCUT2D eigenvalue weighted by Gasteiger charge is 2.19. The van der Waals surface area contributed by atoms with E-state index in [4.69, 9.17) is 14.2 Å². The third kappa shape index (κ3) is 6.60. The van der Waals surface area contributed by atoms with Crippen LogP contribution in [0.3, 0.4) is 0 Å². The molecule has 0 amide bonds. The Morgan fingerprint density at radius 3 is 2.37 bits per heavy atom. The number of ether oxygens (including phenoxy) is 3. The van der Waals surface area contributed by atoms with E-state index in [-0.39, 0.29) is 11.2 Å². The maximum atomic E-state index is 12.9. The van der Waals surface area contributed by atoms with E-state index in [0.717, 1.165) is 79.7 Å². The molecule has 11 heteroatoms. The normalized spacial score (nSPS) is 12.7. The highest BCUT2D eigenvalue weighted by molar-refractivity contribution is 7.84. The van der Waals surface area contributed by atoms with Gasteiger partial charge in [-0.1, -0.05) is 6.07 Å². The third-order valence-corrected chi connectivity index (χ3v) is 9.54. The fourth-order valence-corrected chi connectivity index (χ4v) is 6.81. The SMILES string of the molecule is COc1ccc2c(c1)N=C(Cc1[nH]cc(C)c(=O)c1C)C2.COc1ccc2c(c1)nc(S(=O)Cc1ncc(C)c(OC)c1C)n2C. The summed E-state index contributed by atoms with van der Waals surface area (Å²) in [5.74, 6) is 2.62. The fourth-order valence-electron chi connectivity index (χ4n) is 5.54. The van der Waals surface area contributed by atoms with Crippen molar-refractivity contribution >= 4 is 33.2 Å². The van der Waals surface area contributed by atoms with E-state index in [1.54, 1.807) is 33.7 Å². The number of aromatic nitrogens is 4. The molecule has 0 spiro atoms. The Morgan fingerprint density at radius 1 is 0.935 bits per heavy atom. The van der Waals surface area contributed by atoms with E-state index >= 15 is 0 Å². The molecule has 1 unspecified atom stereocenters. The van der Waals surface area contributed by atoms with Gasteiger partial charge < -0.3 is 23.8 Å². The highest BCUT2D eigenvalue weighted by Crippen LogP contribution is 2.31. The largest absolute Gasteiger partial charge is 0.497 e. The minimum Gasteiger partial charge on any atom is -0.497 e. The zero-order valence-electron chi connectivity index (χ0n) is 27.5. The molecule has 0 fully saturated rings. The summed E-state index contributed by atoms with van der Waals surface area (Å²) in [5, 5.41) is 0.518. The van der Waals surface area contributed by atoms with Crippen LogP contribution in [0.1, 0.15) is 39.2 Å². The Hall–Kier alpha value is -4.77. The molecule has 3 aromatic heterocycles. The Bertz CT molecular complexity index is 2050. The van der Waals surface area contributed by atoms with Crippen LogP contribution in [0.2, 0.25) is 0 Å². The second-order valence-corrected chi connectivity index (χ2v) is 12.6. The number of rotatable bonds is 8. The Labute approximate surface area is 271 Å². The van der Waals surface area contributed by atoms with Crippen LogP contribution >= 0.6 is 0 Å². The topological polar surface area (TPSA) is 121 Å². The van der Waals surface area contributed by atoms with Crippen LogP contribution < -0.4 is 19.6 Å². The highest BCUT2D eigenvalue weighted by atomic mass is 32.2. The van der Waals surface area contributed by atoms with E-state index in [2.05, 4.69) is 26.0 Å². The Balaban J connectivity index is 0.000000184. The van der Waals surface area contributed by atoms with E-state index in [0.29, 0.717) is 11.6 Å². The van der Waals surface area contributed by atoms with Gasteiger partial charge in [0.2, 0.25) is 0 Å². The van der Waals surface area contributed by atoms with Crippen LogP contribution in [0.4, 0.5) is 5.69 Å². The lowest BCUT2D eigenvalue weighted by Crippen LogP contribution is -2.16. The summed E-state index contributed by atoms with van der Waals surface area (Å²) in [6.07, 6.45) is 5.03. The maximum absolute atomic E-state index is 12.9. The van der Waals surface area contributed by atoms with Crippen molar-refractivity contribution in [3.8, 4) is 17.2 Å². The molecule has 240 valence electrons. The first kappa shape index (κ1) is 32.6. The zero-order chi connectivity index (χ0) is 33.1. The summed E-state index contributed by atoms with van der Waals surface area (Å²) < 4.78 is 30.6. The lowest BCUT2D eigenvalue weighted by Gasteiger charge is -2.12. The van der Waals surface area contributed by atoms with Gasteiger partial charge in [-0.15, -0.1) is 0 Å². The van der Waals surface area contributed by atoms with E-state index in [1.807, 2.05) is 69.6 Å². The predicted molar refractivity (Wildman–Crippen MR) is 182 cm³/mol. The molecule has 0 aliphatic carbocycles. The molecule has 0 saturated heterocycles. The van der Waals surface area contributed by atoms with E-state index < -0.39 is 10.8 Å². The number of benzene rings is 2. The number of pyridine rings is 2. The first-order valence-corrected chi connectivity index (χ1v) is 16.2. The number of nitrogens with zero attached hydrogens (tertiary/aromatic N) is 4. The molecule has 1 atom stereocenters. The first-order chi connectivity index (χ1) is 22.0. The number of methoxy groups -OCH3 is 3. The van der Waals surface area contributed by atoms with Crippen molar-refractivity contribution in [2.45, 2.75) is 51.4 Å². The average Bonchev–Trinajstić information content (AvgIpc) is 3.62. The molecule has 5 aromatic rings. The molecule has 46 heavy (non-hydrogen) atoms. The number of hydrogen-bond donors (Lipinski definition) is 1. The van der Waals surface area contributed by atoms with Gasteiger partial charge in [0.25, 0.3) is 0 Å². The molecule has 0 saturated carbocycles. The van der Waals surface area contributed by atoms with Crippen LogP contribution in [0, 0.1) is 27.7 Å². The average molecular weight is 642 g/mol. The number of aryl methyl sites for hydroxylation is 3. The van der Waals surface area contributed by atoms with Crippen LogP contribution in [0.25, 0.3) is 11.0 Å². The Morgan fingerprint density at radius 2 is 1.65 bits per heavy atom. The lowest BCUT2D eigenvalue weighted by molar-refractivity contribution is 0.407. The fraction of sp³-hybridized carbons (Fsp3) is 0.314. The second-order valence-electron chi connectivity index (χ2n) is 11.3. The summed E-state index contributed by atoms with van der Waals surface area (Å²) in [6.45, 7) is 7.57. The van der Waals surface area contributed by atoms with Gasteiger partial charge in [-0.25, -0.2) is 4.98 Å². The molecule has 1 aliphatic heterocycles. The van der Waals surface area contributed by atoms with Crippen molar-refractivity contribution < 1.29 is 18.4 Å². The monoisotopic (exact) mass is 641 g/mol.